The smallest absolute Gasteiger partial charge is 0.345 e. The second-order valence-electron chi connectivity index (χ2n) is 20.1. The zero-order chi connectivity index (χ0) is 52.4. The largest absolute Gasteiger partial charge is 0.478 e. The Bertz CT molecular complexity index is 2050. The fourth-order valence-corrected chi connectivity index (χ4v) is 8.40. The Kier molecular flexibility index (Phi) is 23.5. The van der Waals surface area contributed by atoms with Gasteiger partial charge in [0.05, 0.1) is 0 Å². The lowest BCUT2D eigenvalue weighted by molar-refractivity contribution is -0.178. The highest BCUT2D eigenvalue weighted by atomic mass is 16.6. The molecule has 17 heteroatoms. The van der Waals surface area contributed by atoms with E-state index in [1.807, 2.05) is 55.4 Å². The van der Waals surface area contributed by atoms with E-state index < -0.39 is 96.2 Å². The molecule has 70 heavy (non-hydrogen) atoms. The summed E-state index contributed by atoms with van der Waals surface area (Å²) in [6.07, 6.45) is -4.36. The molecule has 0 unspecified atom stereocenters. The van der Waals surface area contributed by atoms with Crippen LogP contribution in [-0.2, 0) is 70.1 Å². The topological polar surface area (TPSA) is 215 Å². The number of likely N-dealkylation sites (N-methyl/N-ethyl adjacent to an activating group) is 3. The maximum absolute atomic E-state index is 14.7. The van der Waals surface area contributed by atoms with Crippen LogP contribution in [0.25, 0.3) is 0 Å². The lowest BCUT2D eigenvalue weighted by Gasteiger charge is -2.38. The maximum atomic E-state index is 14.7. The summed E-state index contributed by atoms with van der Waals surface area (Å²) in [6, 6.07) is 13.3. The quantitative estimate of drug-likeness (QED) is 0.0819. The molecule has 0 spiro atoms. The Hall–Kier alpha value is -5.84. The Morgan fingerprint density at radius 1 is 0.629 bits per heavy atom. The van der Waals surface area contributed by atoms with Gasteiger partial charge in [-0.05, 0) is 87.3 Å². The molecule has 388 valence electrons. The first kappa shape index (κ1) is 58.5. The molecule has 0 bridgehead atoms. The van der Waals surface area contributed by atoms with Gasteiger partial charge >= 0.3 is 29.8 Å². The van der Waals surface area contributed by atoms with E-state index in [1.165, 1.54) is 30.8 Å². The molecule has 1 saturated heterocycles. The summed E-state index contributed by atoms with van der Waals surface area (Å²) in [4.78, 5) is 114. The molecule has 3 amide bonds. The second kappa shape index (κ2) is 28.1. The van der Waals surface area contributed by atoms with Crippen molar-refractivity contribution in [2.45, 2.75) is 162 Å². The summed E-state index contributed by atoms with van der Waals surface area (Å²) in [5.74, 6) is -6.84. The Labute approximate surface area is 414 Å². The van der Waals surface area contributed by atoms with Crippen LogP contribution in [0.2, 0.25) is 0 Å². The lowest BCUT2D eigenvalue weighted by atomic mass is 9.97. The van der Waals surface area contributed by atoms with Crippen molar-refractivity contribution in [3.8, 4) is 0 Å². The fourth-order valence-electron chi connectivity index (χ4n) is 8.40. The molecule has 1 aliphatic rings. The molecule has 0 aromatic heterocycles. The van der Waals surface area contributed by atoms with Gasteiger partial charge in [-0.25, -0.2) is 19.2 Å². The van der Waals surface area contributed by atoms with Crippen molar-refractivity contribution in [1.29, 1.82) is 0 Å². The maximum Gasteiger partial charge on any atom is 0.345 e. The molecular weight excluding hydrogens is 901 g/mol. The minimum absolute atomic E-state index is 0.0803. The summed E-state index contributed by atoms with van der Waals surface area (Å²) in [7, 11) is 4.45. The summed E-state index contributed by atoms with van der Waals surface area (Å²) in [5, 5.41) is 12.9. The summed E-state index contributed by atoms with van der Waals surface area (Å²) in [6.45, 7) is 16.6. The molecule has 0 saturated carbocycles. The molecule has 17 nitrogen and oxygen atoms in total. The Morgan fingerprint density at radius 2 is 1.10 bits per heavy atom. The molecule has 2 aromatic rings. The van der Waals surface area contributed by atoms with Gasteiger partial charge in [-0.15, -0.1) is 0 Å². The third kappa shape index (κ3) is 17.8. The average molecular weight is 979 g/mol. The number of amides is 3. The standard InChI is InChI=1S/C53H78N4O13/c1-32(2)26-39(54-10)50(63)67-36(9)46(58)55(11)40(27-33(3)4)52(65)69-44(30-37-20-15-13-16-21-37)47(59)56(12)41(28-34(5)6)51(64)68-43-24-19-25-57(48(43)60)42(29-35(7)8)53(66)70-45(49(61)62)31-38-22-17-14-18-23-38/h13-18,20-23,32-36,39-45,54H,19,24-31H2,1-12H3,(H,61,62)/t36-,39+,40+,41+,42+,43-,44-,45-/m1/s1. The molecule has 2 N–H and O–H groups in total. The zero-order valence-electron chi connectivity index (χ0n) is 43.3. The van der Waals surface area contributed by atoms with Gasteiger partial charge in [-0.2, -0.15) is 0 Å². The van der Waals surface area contributed by atoms with Crippen LogP contribution in [0.5, 0.6) is 0 Å². The van der Waals surface area contributed by atoms with Gasteiger partial charge in [-0.3, -0.25) is 19.2 Å². The first-order valence-corrected chi connectivity index (χ1v) is 24.6. The van der Waals surface area contributed by atoms with E-state index in [9.17, 15) is 43.5 Å². The number of hydrogen-bond acceptors (Lipinski definition) is 13. The van der Waals surface area contributed by atoms with E-state index in [2.05, 4.69) is 5.32 Å². The van der Waals surface area contributed by atoms with Crippen molar-refractivity contribution in [2.24, 2.45) is 23.7 Å². The van der Waals surface area contributed by atoms with Gasteiger partial charge in [-0.1, -0.05) is 116 Å². The molecule has 0 aliphatic carbocycles. The number of piperidine rings is 1. The third-order valence-corrected chi connectivity index (χ3v) is 12.2. The van der Waals surface area contributed by atoms with Crippen molar-refractivity contribution >= 4 is 47.6 Å². The number of nitrogens with zero attached hydrogens (tertiary/aromatic N) is 3. The van der Waals surface area contributed by atoms with Crippen LogP contribution in [0.3, 0.4) is 0 Å². The number of carbonyl (C=O) groups excluding carboxylic acids is 7. The van der Waals surface area contributed by atoms with Crippen LogP contribution in [0.4, 0.5) is 0 Å². The van der Waals surface area contributed by atoms with Crippen molar-refractivity contribution in [3.63, 3.8) is 0 Å². The van der Waals surface area contributed by atoms with Crippen LogP contribution in [0.15, 0.2) is 60.7 Å². The first-order valence-electron chi connectivity index (χ1n) is 24.6. The van der Waals surface area contributed by atoms with E-state index in [1.54, 1.807) is 67.7 Å². The van der Waals surface area contributed by atoms with Gasteiger partial charge in [0.1, 0.15) is 24.2 Å². The van der Waals surface area contributed by atoms with Crippen molar-refractivity contribution < 1.29 is 62.4 Å². The SMILES string of the molecule is CN[C@@H](CC(C)C)C(=O)O[C@H](C)C(=O)N(C)[C@@H](CC(C)C)C(=O)O[C@H](Cc1ccccc1)C(=O)N(C)[C@@H](CC(C)C)C(=O)O[C@@H]1CCCN([C@@H](CC(C)C)C(=O)O[C@H](Cc2ccccc2)C(=O)O)C1=O. The van der Waals surface area contributed by atoms with Gasteiger partial charge in [0.15, 0.2) is 18.3 Å². The van der Waals surface area contributed by atoms with E-state index in [4.69, 9.17) is 18.9 Å². The third-order valence-electron chi connectivity index (χ3n) is 12.2. The predicted molar refractivity (Wildman–Crippen MR) is 262 cm³/mol. The number of rotatable bonds is 27. The molecule has 1 heterocycles. The van der Waals surface area contributed by atoms with Crippen molar-refractivity contribution in [2.75, 3.05) is 27.7 Å². The number of hydrogen-bond donors (Lipinski definition) is 2. The van der Waals surface area contributed by atoms with E-state index in [-0.39, 0.29) is 68.7 Å². The normalized spacial score (nSPS) is 16.9. The molecule has 0 radical (unpaired) electrons. The highest BCUT2D eigenvalue weighted by Gasteiger charge is 2.43. The fraction of sp³-hybridized carbons (Fsp3) is 0.623. The predicted octanol–water partition coefficient (Wildman–Crippen LogP) is 5.64. The summed E-state index contributed by atoms with van der Waals surface area (Å²) in [5.41, 5.74) is 1.29. The number of benzene rings is 2. The monoisotopic (exact) mass is 979 g/mol. The van der Waals surface area contributed by atoms with Crippen molar-refractivity contribution in [1.82, 2.24) is 20.0 Å². The van der Waals surface area contributed by atoms with Gasteiger partial charge in [0.25, 0.3) is 17.7 Å². The van der Waals surface area contributed by atoms with Crippen molar-refractivity contribution in [3.05, 3.63) is 71.8 Å². The second-order valence-corrected chi connectivity index (χ2v) is 20.1. The van der Waals surface area contributed by atoms with Crippen LogP contribution < -0.4 is 5.32 Å². The molecule has 8 atom stereocenters. The van der Waals surface area contributed by atoms with E-state index in [0.29, 0.717) is 24.0 Å². The molecule has 2 aromatic carbocycles. The van der Waals surface area contributed by atoms with Gasteiger partial charge in [0.2, 0.25) is 6.10 Å². The molecule has 1 fully saturated rings. The van der Waals surface area contributed by atoms with Crippen LogP contribution in [0, 0.1) is 23.7 Å². The number of nitrogens with one attached hydrogen (secondary N) is 1. The Morgan fingerprint density at radius 3 is 1.59 bits per heavy atom. The van der Waals surface area contributed by atoms with Gasteiger partial charge in [0, 0.05) is 33.5 Å². The number of carboxylic acids is 1. The summed E-state index contributed by atoms with van der Waals surface area (Å²) < 4.78 is 23.2. The van der Waals surface area contributed by atoms with Gasteiger partial charge < -0.3 is 44.1 Å². The number of carboxylic acid groups (broad SMARTS) is 1. The molecular formula is C53H78N4O13. The minimum Gasteiger partial charge on any atom is -0.478 e. The number of likely N-dealkylation sites (tertiary alicyclic amines) is 1. The number of carbonyl (C=O) groups is 8. The Balaban J connectivity index is 1.89. The number of esters is 4. The molecule has 1 aliphatic heterocycles. The van der Waals surface area contributed by atoms with Crippen LogP contribution in [0.1, 0.15) is 112 Å². The number of ether oxygens (including phenoxy) is 4. The highest BCUT2D eigenvalue weighted by molar-refractivity contribution is 5.93. The van der Waals surface area contributed by atoms with Crippen LogP contribution >= 0.6 is 0 Å². The molecule has 3 rings (SSSR count). The average Bonchev–Trinajstić information content (AvgIpc) is 3.30. The van der Waals surface area contributed by atoms with E-state index >= 15 is 0 Å². The zero-order valence-corrected chi connectivity index (χ0v) is 43.3. The summed E-state index contributed by atoms with van der Waals surface area (Å²) >= 11 is 0. The highest BCUT2D eigenvalue weighted by Crippen LogP contribution is 2.26. The van der Waals surface area contributed by atoms with E-state index in [0.717, 1.165) is 4.90 Å². The first-order chi connectivity index (χ1) is 32.9. The number of aliphatic carboxylic acids is 1. The lowest BCUT2D eigenvalue weighted by Crippen LogP contribution is -2.56. The van der Waals surface area contributed by atoms with Crippen LogP contribution in [-0.4, -0.2) is 144 Å². The minimum atomic E-state index is -1.51.